The van der Waals surface area contributed by atoms with E-state index in [1.807, 2.05) is 24.3 Å². The Bertz CT molecular complexity index is 651. The normalized spacial score (nSPS) is 10.6. The Kier molecular flexibility index (Phi) is 3.87. The van der Waals surface area contributed by atoms with Crippen LogP contribution in [0.2, 0.25) is 0 Å². The fourth-order valence-corrected chi connectivity index (χ4v) is 1.39. The minimum atomic E-state index is -0.523. The van der Waals surface area contributed by atoms with E-state index in [2.05, 4.69) is 25.7 Å². The van der Waals surface area contributed by atoms with Gasteiger partial charge in [0, 0.05) is 0 Å². The molecule has 1 heterocycles. The Morgan fingerprint density at radius 2 is 2.32 bits per heavy atom. The lowest BCUT2D eigenvalue weighted by Gasteiger charge is -2.01. The molecule has 19 heavy (non-hydrogen) atoms. The van der Waals surface area contributed by atoms with Gasteiger partial charge in [-0.05, 0) is 24.6 Å². The number of aromatic nitrogens is 3. The van der Waals surface area contributed by atoms with E-state index < -0.39 is 5.69 Å². The fraction of sp³-hybridized carbons (Fsp3) is 0.167. The molecule has 0 fully saturated rings. The lowest BCUT2D eigenvalue weighted by atomic mass is 10.2. The average molecular weight is 259 g/mol. The van der Waals surface area contributed by atoms with Crippen molar-refractivity contribution in [2.45, 2.75) is 6.92 Å². The summed E-state index contributed by atoms with van der Waals surface area (Å²) in [5.74, 6) is 1.07. The van der Waals surface area contributed by atoms with Crippen molar-refractivity contribution in [2.24, 2.45) is 5.10 Å². The van der Waals surface area contributed by atoms with Gasteiger partial charge >= 0.3 is 5.69 Å². The molecule has 1 aromatic carbocycles. The summed E-state index contributed by atoms with van der Waals surface area (Å²) >= 11 is 0. The summed E-state index contributed by atoms with van der Waals surface area (Å²) in [6.07, 6.45) is 1.60. The van der Waals surface area contributed by atoms with Gasteiger partial charge in [-0.2, -0.15) is 15.2 Å². The molecule has 98 valence electrons. The number of hydrogen-bond acceptors (Lipinski definition) is 6. The molecule has 0 saturated carbocycles. The number of methoxy groups -OCH3 is 1. The fourth-order valence-electron chi connectivity index (χ4n) is 1.39. The lowest BCUT2D eigenvalue weighted by molar-refractivity contribution is 0.415. The van der Waals surface area contributed by atoms with Crippen LogP contribution in [-0.2, 0) is 0 Å². The summed E-state index contributed by atoms with van der Waals surface area (Å²) in [4.78, 5) is 14.7. The number of aryl methyl sites for hydroxylation is 1. The third-order valence-corrected chi connectivity index (χ3v) is 2.35. The smallest absolute Gasteiger partial charge is 0.363 e. The van der Waals surface area contributed by atoms with Crippen molar-refractivity contribution < 1.29 is 4.74 Å². The van der Waals surface area contributed by atoms with Gasteiger partial charge in [-0.15, -0.1) is 0 Å². The molecule has 0 bridgehead atoms. The molecule has 0 amide bonds. The summed E-state index contributed by atoms with van der Waals surface area (Å²) in [6.45, 7) is 1.71. The van der Waals surface area contributed by atoms with Crippen molar-refractivity contribution in [2.75, 3.05) is 12.5 Å². The van der Waals surface area contributed by atoms with Gasteiger partial charge in [0.25, 0.3) is 0 Å². The van der Waals surface area contributed by atoms with Crippen LogP contribution in [0.4, 0.5) is 5.82 Å². The van der Waals surface area contributed by atoms with E-state index >= 15 is 0 Å². The number of H-pyrrole nitrogens is 1. The number of nitrogens with zero attached hydrogens (tertiary/aromatic N) is 3. The maximum absolute atomic E-state index is 11.0. The zero-order valence-corrected chi connectivity index (χ0v) is 10.5. The largest absolute Gasteiger partial charge is 0.497 e. The first kappa shape index (κ1) is 12.7. The molecule has 7 heteroatoms. The molecular weight excluding hydrogens is 246 g/mol. The second kappa shape index (κ2) is 5.76. The summed E-state index contributed by atoms with van der Waals surface area (Å²) in [6, 6.07) is 7.42. The van der Waals surface area contributed by atoms with Crippen LogP contribution in [0, 0.1) is 6.92 Å². The number of anilines is 1. The lowest BCUT2D eigenvalue weighted by Crippen LogP contribution is -2.15. The van der Waals surface area contributed by atoms with E-state index in [1.165, 1.54) is 0 Å². The van der Waals surface area contributed by atoms with Gasteiger partial charge in [0.1, 0.15) is 11.4 Å². The molecule has 0 saturated heterocycles. The zero-order chi connectivity index (χ0) is 13.7. The monoisotopic (exact) mass is 259 g/mol. The van der Waals surface area contributed by atoms with E-state index in [9.17, 15) is 4.79 Å². The minimum absolute atomic E-state index is 0.322. The van der Waals surface area contributed by atoms with Crippen molar-refractivity contribution in [1.29, 1.82) is 0 Å². The van der Waals surface area contributed by atoms with Crippen molar-refractivity contribution in [3.05, 3.63) is 46.0 Å². The summed E-state index contributed by atoms with van der Waals surface area (Å²) in [7, 11) is 1.60. The molecule has 0 atom stereocenters. The van der Waals surface area contributed by atoms with Gasteiger partial charge in [0.05, 0.1) is 13.3 Å². The number of benzene rings is 1. The number of hydrogen-bond donors (Lipinski definition) is 2. The van der Waals surface area contributed by atoms with E-state index in [0.717, 1.165) is 11.3 Å². The first-order valence-corrected chi connectivity index (χ1v) is 5.55. The molecule has 0 aliphatic heterocycles. The van der Waals surface area contributed by atoms with Gasteiger partial charge in [-0.1, -0.05) is 12.1 Å². The molecule has 0 unspecified atom stereocenters. The summed E-state index contributed by atoms with van der Waals surface area (Å²) in [5.41, 5.74) is 3.57. The van der Waals surface area contributed by atoms with Crippen LogP contribution in [0.1, 0.15) is 11.3 Å². The third-order valence-electron chi connectivity index (χ3n) is 2.35. The Balaban J connectivity index is 2.11. The van der Waals surface area contributed by atoms with Crippen LogP contribution >= 0.6 is 0 Å². The Labute approximate surface area is 109 Å². The number of aromatic amines is 1. The number of rotatable bonds is 4. The molecule has 2 rings (SSSR count). The highest BCUT2D eigenvalue weighted by molar-refractivity contribution is 5.80. The number of nitrogens with one attached hydrogen (secondary N) is 2. The third kappa shape index (κ3) is 3.38. The van der Waals surface area contributed by atoms with Gasteiger partial charge in [-0.3, -0.25) is 5.43 Å². The van der Waals surface area contributed by atoms with E-state index in [0.29, 0.717) is 11.5 Å². The van der Waals surface area contributed by atoms with Gasteiger partial charge in [-0.25, -0.2) is 9.89 Å². The predicted molar refractivity (Wildman–Crippen MR) is 71.6 cm³/mol. The first-order valence-electron chi connectivity index (χ1n) is 5.55. The van der Waals surface area contributed by atoms with E-state index in [-0.39, 0.29) is 0 Å². The van der Waals surface area contributed by atoms with Crippen molar-refractivity contribution in [3.8, 4) is 5.75 Å². The van der Waals surface area contributed by atoms with Gasteiger partial charge in [0.2, 0.25) is 0 Å². The quantitative estimate of drug-likeness (QED) is 0.629. The molecule has 2 N–H and O–H groups in total. The highest BCUT2D eigenvalue weighted by atomic mass is 16.5. The van der Waals surface area contributed by atoms with Crippen molar-refractivity contribution in [3.63, 3.8) is 0 Å². The number of hydrazone groups is 1. The molecule has 0 radical (unpaired) electrons. The summed E-state index contributed by atoms with van der Waals surface area (Å²) < 4.78 is 5.10. The van der Waals surface area contributed by atoms with Crippen LogP contribution < -0.4 is 15.9 Å². The van der Waals surface area contributed by atoms with E-state index in [4.69, 9.17) is 4.74 Å². The summed E-state index contributed by atoms with van der Waals surface area (Å²) in [5, 5.41) is 10.0. The zero-order valence-electron chi connectivity index (χ0n) is 10.5. The second-order valence-electron chi connectivity index (χ2n) is 3.72. The highest BCUT2D eigenvalue weighted by Crippen LogP contribution is 2.11. The second-order valence-corrected chi connectivity index (χ2v) is 3.72. The first-order chi connectivity index (χ1) is 9.19. The Morgan fingerprint density at radius 1 is 1.47 bits per heavy atom. The molecule has 0 aliphatic carbocycles. The minimum Gasteiger partial charge on any atom is -0.497 e. The standard InChI is InChI=1S/C12H13N5O2/c1-8-11(14-12(18)17-15-8)16-13-7-9-4-3-5-10(6-9)19-2/h3-7H,1-2H3,(H2,14,16,17,18). The van der Waals surface area contributed by atoms with Crippen LogP contribution in [0.5, 0.6) is 5.75 Å². The molecule has 7 nitrogen and oxygen atoms in total. The van der Waals surface area contributed by atoms with Crippen LogP contribution in [0.15, 0.2) is 34.2 Å². The van der Waals surface area contributed by atoms with Crippen molar-refractivity contribution >= 4 is 12.0 Å². The molecule has 0 spiro atoms. The molecular formula is C12H13N5O2. The SMILES string of the molecule is COc1cccc(C=NNc2nc(=O)[nH]nc2C)c1. The van der Waals surface area contributed by atoms with Crippen LogP contribution in [0.3, 0.4) is 0 Å². The Morgan fingerprint density at radius 3 is 3.11 bits per heavy atom. The van der Waals surface area contributed by atoms with Crippen molar-refractivity contribution in [1.82, 2.24) is 15.2 Å². The van der Waals surface area contributed by atoms with Crippen LogP contribution in [-0.4, -0.2) is 28.5 Å². The van der Waals surface area contributed by atoms with Crippen LogP contribution in [0.25, 0.3) is 0 Å². The van der Waals surface area contributed by atoms with Gasteiger partial charge < -0.3 is 4.74 Å². The maximum Gasteiger partial charge on any atom is 0.363 e. The Hall–Kier alpha value is -2.70. The van der Waals surface area contributed by atoms with E-state index in [1.54, 1.807) is 20.2 Å². The molecule has 2 aromatic rings. The molecule has 1 aromatic heterocycles. The molecule has 0 aliphatic rings. The predicted octanol–water partition coefficient (Wildman–Crippen LogP) is 0.928. The maximum atomic E-state index is 11.0. The number of ether oxygens (including phenoxy) is 1. The highest BCUT2D eigenvalue weighted by Gasteiger charge is 2.00. The average Bonchev–Trinajstić information content (AvgIpc) is 2.43. The van der Waals surface area contributed by atoms with Gasteiger partial charge in [0.15, 0.2) is 5.82 Å². The topological polar surface area (TPSA) is 92.3 Å².